The third-order valence-electron chi connectivity index (χ3n) is 2.32. The van der Waals surface area contributed by atoms with Crippen molar-refractivity contribution in [1.82, 2.24) is 0 Å². The Labute approximate surface area is 110 Å². The van der Waals surface area contributed by atoms with Gasteiger partial charge in [-0.1, -0.05) is 13.5 Å². The molecule has 0 N–H and O–H groups in total. The van der Waals surface area contributed by atoms with Crippen molar-refractivity contribution in [1.29, 1.82) is 0 Å². The second-order valence-corrected chi connectivity index (χ2v) is 4.65. The minimum atomic E-state index is -0.282. The van der Waals surface area contributed by atoms with Crippen molar-refractivity contribution >= 4 is 5.97 Å². The summed E-state index contributed by atoms with van der Waals surface area (Å²) in [4.78, 5) is 11.1. The fourth-order valence-electron chi connectivity index (χ4n) is 1.50. The number of nitrogens with zero attached hydrogens (tertiary/aromatic N) is 1. The third kappa shape index (κ3) is 8.92. The van der Waals surface area contributed by atoms with Gasteiger partial charge in [0.1, 0.15) is 0 Å². The summed E-state index contributed by atoms with van der Waals surface area (Å²) in [6.45, 7) is 10.1. The summed E-state index contributed by atoms with van der Waals surface area (Å²) in [5.74, 6) is -0.282. The highest BCUT2D eigenvalue weighted by molar-refractivity contribution is 5.86. The zero-order valence-corrected chi connectivity index (χ0v) is 12.5. The molecule has 0 aliphatic rings. The van der Waals surface area contributed by atoms with E-state index in [-0.39, 0.29) is 23.0 Å². The van der Waals surface area contributed by atoms with Crippen molar-refractivity contribution in [2.45, 2.75) is 26.7 Å². The zero-order valence-electron chi connectivity index (χ0n) is 10.9. The van der Waals surface area contributed by atoms with Crippen LogP contribution in [0.4, 0.5) is 0 Å². The summed E-state index contributed by atoms with van der Waals surface area (Å²) in [7, 11) is 4.40. The largest absolute Gasteiger partial charge is 1.00 e. The molecule has 0 aliphatic carbocycles. The van der Waals surface area contributed by atoms with Crippen LogP contribution in [0.2, 0.25) is 0 Å². The number of quaternary nitrogens is 1. The first-order chi connectivity index (χ1) is 6.89. The van der Waals surface area contributed by atoms with E-state index in [4.69, 9.17) is 4.74 Å². The van der Waals surface area contributed by atoms with Gasteiger partial charge < -0.3 is 26.2 Å². The Hall–Kier alpha value is -0.350. The monoisotopic (exact) mass is 293 g/mol. The second kappa shape index (κ2) is 8.76. The molecule has 0 atom stereocenters. The molecule has 0 amide bonds. The van der Waals surface area contributed by atoms with Gasteiger partial charge in [0.15, 0.2) is 0 Å². The molecule has 0 fully saturated rings. The van der Waals surface area contributed by atoms with Crippen LogP contribution in [0.15, 0.2) is 12.2 Å². The quantitative estimate of drug-likeness (QED) is 0.260. The number of rotatable bonds is 7. The Morgan fingerprint density at radius 1 is 1.31 bits per heavy atom. The van der Waals surface area contributed by atoms with Gasteiger partial charge in [0.05, 0.1) is 33.8 Å². The maximum Gasteiger partial charge on any atom is 0.333 e. The topological polar surface area (TPSA) is 26.3 Å². The smallest absolute Gasteiger partial charge is 0.333 e. The highest BCUT2D eigenvalue weighted by Gasteiger charge is 2.13. The number of esters is 1. The lowest BCUT2D eigenvalue weighted by Gasteiger charge is -2.29. The molecule has 0 bridgehead atoms. The maximum atomic E-state index is 11.1. The molecular weight excluding hydrogens is 270 g/mol. The molecule has 0 rings (SSSR count). The molecule has 0 saturated carbocycles. The predicted molar refractivity (Wildman–Crippen MR) is 62.5 cm³/mol. The first-order valence-electron chi connectivity index (χ1n) is 5.53. The number of carbonyl (C=O) groups excluding carboxylic acids is 1. The zero-order chi connectivity index (χ0) is 11.9. The van der Waals surface area contributed by atoms with Crippen molar-refractivity contribution in [3.63, 3.8) is 0 Å². The number of hydrogen-bond donors (Lipinski definition) is 0. The standard InChI is InChI=1S/C12H24NO2.BrH/c1-6-8-13(4,5)9-7-10-15-12(14)11(2)3;/h2,6-10H2,1,3-5H3;1H/q+1;/p-1. The van der Waals surface area contributed by atoms with Gasteiger partial charge in [0.25, 0.3) is 0 Å². The average molecular weight is 294 g/mol. The van der Waals surface area contributed by atoms with Gasteiger partial charge in [-0.25, -0.2) is 4.79 Å². The molecule has 0 spiro atoms. The summed E-state index contributed by atoms with van der Waals surface area (Å²) in [5.41, 5.74) is 0.470. The van der Waals surface area contributed by atoms with Gasteiger partial charge in [-0.15, -0.1) is 0 Å². The Bertz CT molecular complexity index is 227. The summed E-state index contributed by atoms with van der Waals surface area (Å²) in [5, 5.41) is 0. The fraction of sp³-hybridized carbons (Fsp3) is 0.750. The predicted octanol–water partition coefficient (Wildman–Crippen LogP) is -1.01. The molecule has 16 heavy (non-hydrogen) atoms. The fourth-order valence-corrected chi connectivity index (χ4v) is 1.50. The van der Waals surface area contributed by atoms with Crippen LogP contribution in [-0.4, -0.2) is 44.2 Å². The summed E-state index contributed by atoms with van der Waals surface area (Å²) in [6, 6.07) is 0. The van der Waals surface area contributed by atoms with Crippen LogP contribution >= 0.6 is 0 Å². The number of hydrogen-bond acceptors (Lipinski definition) is 2. The molecule has 0 unspecified atom stereocenters. The molecule has 0 saturated heterocycles. The number of halogens is 1. The molecule has 0 aromatic rings. The van der Waals surface area contributed by atoms with E-state index in [2.05, 4.69) is 27.6 Å². The van der Waals surface area contributed by atoms with Crippen molar-refractivity contribution in [3.8, 4) is 0 Å². The molecule has 0 aliphatic heterocycles. The highest BCUT2D eigenvalue weighted by atomic mass is 79.9. The second-order valence-electron chi connectivity index (χ2n) is 4.65. The van der Waals surface area contributed by atoms with E-state index >= 15 is 0 Å². The van der Waals surface area contributed by atoms with Gasteiger partial charge in [-0.05, 0) is 13.3 Å². The van der Waals surface area contributed by atoms with Crippen LogP contribution in [0.25, 0.3) is 0 Å². The maximum absolute atomic E-state index is 11.1. The average Bonchev–Trinajstić information content (AvgIpc) is 2.11. The van der Waals surface area contributed by atoms with E-state index in [0.29, 0.717) is 12.2 Å². The molecule has 3 nitrogen and oxygen atoms in total. The molecule has 4 heteroatoms. The van der Waals surface area contributed by atoms with Crippen LogP contribution in [0.1, 0.15) is 26.7 Å². The van der Waals surface area contributed by atoms with Gasteiger partial charge in [-0.3, -0.25) is 0 Å². The van der Waals surface area contributed by atoms with Crippen molar-refractivity contribution < 1.29 is 31.0 Å². The summed E-state index contributed by atoms with van der Waals surface area (Å²) < 4.78 is 6.02. The Morgan fingerprint density at radius 3 is 2.31 bits per heavy atom. The van der Waals surface area contributed by atoms with Crippen LogP contribution in [0.5, 0.6) is 0 Å². The van der Waals surface area contributed by atoms with Gasteiger partial charge >= 0.3 is 5.97 Å². The lowest BCUT2D eigenvalue weighted by atomic mass is 10.3. The van der Waals surface area contributed by atoms with Gasteiger partial charge in [0.2, 0.25) is 0 Å². The summed E-state index contributed by atoms with van der Waals surface area (Å²) in [6.07, 6.45) is 2.09. The minimum absolute atomic E-state index is 0. The van der Waals surface area contributed by atoms with E-state index in [0.717, 1.165) is 24.0 Å². The molecule has 0 aromatic heterocycles. The number of carbonyl (C=O) groups is 1. The highest BCUT2D eigenvalue weighted by Crippen LogP contribution is 2.02. The first-order valence-corrected chi connectivity index (χ1v) is 5.53. The van der Waals surface area contributed by atoms with E-state index in [1.807, 2.05) is 0 Å². The van der Waals surface area contributed by atoms with Crippen molar-refractivity contribution in [3.05, 3.63) is 12.2 Å². The summed E-state index contributed by atoms with van der Waals surface area (Å²) >= 11 is 0. The molecule has 0 heterocycles. The van der Waals surface area contributed by atoms with Gasteiger partial charge in [-0.2, -0.15) is 0 Å². The van der Waals surface area contributed by atoms with E-state index in [1.54, 1.807) is 6.92 Å². The SMILES string of the molecule is C=C(C)C(=O)OCCC[N+](C)(C)CCC.[Br-]. The van der Waals surface area contributed by atoms with Gasteiger partial charge in [0, 0.05) is 12.0 Å². The Balaban J connectivity index is 0. The minimum Gasteiger partial charge on any atom is -1.00 e. The Morgan fingerprint density at radius 2 is 1.88 bits per heavy atom. The normalized spacial score (nSPS) is 10.5. The van der Waals surface area contributed by atoms with Crippen molar-refractivity contribution in [2.75, 3.05) is 33.8 Å². The van der Waals surface area contributed by atoms with Crippen LogP contribution < -0.4 is 17.0 Å². The Kier molecular flexibility index (Phi) is 9.87. The van der Waals surface area contributed by atoms with Crippen LogP contribution in [0, 0.1) is 0 Å². The van der Waals surface area contributed by atoms with Crippen molar-refractivity contribution in [2.24, 2.45) is 0 Å². The molecule has 0 radical (unpaired) electrons. The van der Waals surface area contributed by atoms with Crippen LogP contribution in [-0.2, 0) is 9.53 Å². The molecule has 96 valence electrons. The van der Waals surface area contributed by atoms with E-state index in [1.165, 1.54) is 6.42 Å². The molecular formula is C12H24BrNO2. The number of ether oxygens (including phenoxy) is 1. The van der Waals surface area contributed by atoms with Crippen LogP contribution in [0.3, 0.4) is 0 Å². The van der Waals surface area contributed by atoms with E-state index < -0.39 is 0 Å². The molecule has 0 aromatic carbocycles. The first kappa shape index (κ1) is 18.0. The lowest BCUT2D eigenvalue weighted by Crippen LogP contribution is -3.00. The van der Waals surface area contributed by atoms with E-state index in [9.17, 15) is 4.79 Å². The third-order valence-corrected chi connectivity index (χ3v) is 2.32. The lowest BCUT2D eigenvalue weighted by molar-refractivity contribution is -0.890.